The van der Waals surface area contributed by atoms with Gasteiger partial charge in [0.25, 0.3) is 0 Å². The van der Waals surface area contributed by atoms with Gasteiger partial charge in [0.05, 0.1) is 11.6 Å². The summed E-state index contributed by atoms with van der Waals surface area (Å²) >= 11 is 6.21. The Hall–Kier alpha value is -2.42. The zero-order valence-corrected chi connectivity index (χ0v) is 16.3. The van der Waals surface area contributed by atoms with Crippen LogP contribution in [-0.2, 0) is 4.79 Å². The average molecular weight is 421 g/mol. The van der Waals surface area contributed by atoms with E-state index in [4.69, 9.17) is 23.1 Å². The molecule has 1 aromatic heterocycles. The quantitative estimate of drug-likeness (QED) is 0.561. The molecule has 1 aliphatic heterocycles. The van der Waals surface area contributed by atoms with Crippen LogP contribution in [-0.4, -0.2) is 46.2 Å². The molecular weight excluding hydrogens is 392 g/mol. The minimum Gasteiger partial charge on any atom is -0.396 e. The summed E-state index contributed by atoms with van der Waals surface area (Å²) in [6.07, 6.45) is 2.68. The summed E-state index contributed by atoms with van der Waals surface area (Å²) < 4.78 is 0. The van der Waals surface area contributed by atoms with Crippen LogP contribution in [0.2, 0.25) is 5.02 Å². The molecule has 29 heavy (non-hydrogen) atoms. The molecule has 1 saturated heterocycles. The lowest BCUT2D eigenvalue weighted by Gasteiger charge is -2.39. The van der Waals surface area contributed by atoms with Gasteiger partial charge in [0.15, 0.2) is 5.82 Å². The predicted molar refractivity (Wildman–Crippen MR) is 116 cm³/mol. The second-order valence-corrected chi connectivity index (χ2v) is 7.37. The summed E-state index contributed by atoms with van der Waals surface area (Å²) in [7, 11) is 0. The van der Waals surface area contributed by atoms with Crippen molar-refractivity contribution in [1.82, 2.24) is 15.3 Å². The van der Waals surface area contributed by atoms with Crippen LogP contribution in [0.15, 0.2) is 36.7 Å². The molecule has 0 radical (unpaired) electrons. The zero-order valence-electron chi connectivity index (χ0n) is 15.5. The van der Waals surface area contributed by atoms with Gasteiger partial charge in [-0.1, -0.05) is 49.4 Å². The van der Waals surface area contributed by atoms with Crippen LogP contribution in [0, 0.1) is 0 Å². The van der Waals surface area contributed by atoms with Gasteiger partial charge in [-0.05, 0) is 24.8 Å². The summed E-state index contributed by atoms with van der Waals surface area (Å²) in [5.74, 6) is 0.561. The van der Waals surface area contributed by atoms with Gasteiger partial charge >= 0.3 is 0 Å². The minimum atomic E-state index is -0.996. The zero-order chi connectivity index (χ0) is 20.1. The Morgan fingerprint density at radius 1 is 1.28 bits per heavy atom. The SMILES string of the molecule is C.Nc1ncnc(N2CCC(N)(C(=O)N[C@@H](CCO)c3ccccc3)CC2)c1Cl. The first kappa shape index (κ1) is 22.9. The third-order valence-electron chi connectivity index (χ3n) is 5.13. The molecule has 1 aromatic carbocycles. The number of nitrogens with one attached hydrogen (secondary N) is 1. The molecule has 0 unspecified atom stereocenters. The van der Waals surface area contributed by atoms with Gasteiger partial charge in [-0.3, -0.25) is 4.79 Å². The van der Waals surface area contributed by atoms with Gasteiger partial charge < -0.3 is 26.8 Å². The number of nitrogens with two attached hydrogens (primary N) is 2. The van der Waals surface area contributed by atoms with Crippen LogP contribution in [0.4, 0.5) is 11.6 Å². The lowest BCUT2D eigenvalue weighted by atomic mass is 9.87. The molecule has 1 aliphatic rings. The first-order chi connectivity index (χ1) is 13.4. The summed E-state index contributed by atoms with van der Waals surface area (Å²) in [5, 5.41) is 12.7. The lowest BCUT2D eigenvalue weighted by molar-refractivity contribution is -0.128. The lowest BCUT2D eigenvalue weighted by Crippen LogP contribution is -2.60. The minimum absolute atomic E-state index is 0. The van der Waals surface area contributed by atoms with E-state index in [1.807, 2.05) is 35.2 Å². The fourth-order valence-corrected chi connectivity index (χ4v) is 3.59. The number of carbonyl (C=O) groups excluding carboxylic acids is 1. The standard InChI is InChI=1S/C19H25ClN6O2.CH4/c20-15-16(21)23-12-24-17(15)26-9-7-19(22,8-10-26)18(28)25-14(6-11-27)13-4-2-1-3-5-13;/h1-5,12,14,27H,6-11,22H2,(H,25,28)(H2,21,23,24);1H4/t14-;/m0./s1. The van der Waals surface area contributed by atoms with Crippen molar-refractivity contribution in [2.24, 2.45) is 5.73 Å². The average Bonchev–Trinajstić information content (AvgIpc) is 2.71. The first-order valence-corrected chi connectivity index (χ1v) is 9.59. The van der Waals surface area contributed by atoms with E-state index in [0.717, 1.165) is 5.56 Å². The summed E-state index contributed by atoms with van der Waals surface area (Å²) in [6, 6.07) is 9.28. The number of nitrogens with zero attached hydrogens (tertiary/aromatic N) is 3. The van der Waals surface area contributed by atoms with Crippen molar-refractivity contribution in [3.63, 3.8) is 0 Å². The highest BCUT2D eigenvalue weighted by molar-refractivity contribution is 6.35. The highest BCUT2D eigenvalue weighted by Gasteiger charge is 2.39. The van der Waals surface area contributed by atoms with Crippen molar-refractivity contribution in [2.75, 3.05) is 30.3 Å². The van der Waals surface area contributed by atoms with Crippen LogP contribution in [0.5, 0.6) is 0 Å². The Balaban J connectivity index is 0.00000300. The second-order valence-electron chi connectivity index (χ2n) is 6.99. The number of amides is 1. The molecule has 2 heterocycles. The summed E-state index contributed by atoms with van der Waals surface area (Å²) in [4.78, 5) is 23.0. The molecule has 1 atom stereocenters. The van der Waals surface area contributed by atoms with Gasteiger partial charge in [0.1, 0.15) is 17.2 Å². The molecule has 3 rings (SSSR count). The number of nitrogen functional groups attached to an aromatic ring is 1. The Kier molecular flexibility index (Phi) is 7.78. The third kappa shape index (κ3) is 5.14. The molecule has 1 amide bonds. The Labute approximate surface area is 176 Å². The summed E-state index contributed by atoms with van der Waals surface area (Å²) in [5.41, 5.74) is 12.1. The molecule has 0 spiro atoms. The molecule has 0 saturated carbocycles. The normalized spacial score (nSPS) is 16.6. The van der Waals surface area contributed by atoms with Crippen molar-refractivity contribution in [3.05, 3.63) is 47.2 Å². The van der Waals surface area contributed by atoms with Crippen LogP contribution in [0.25, 0.3) is 0 Å². The second kappa shape index (κ2) is 9.87. The van der Waals surface area contributed by atoms with E-state index in [1.165, 1.54) is 6.33 Å². The maximum atomic E-state index is 12.9. The third-order valence-corrected chi connectivity index (χ3v) is 5.49. The number of rotatable bonds is 6. The van der Waals surface area contributed by atoms with Crippen molar-refractivity contribution in [1.29, 1.82) is 0 Å². The Morgan fingerprint density at radius 3 is 2.55 bits per heavy atom. The topological polar surface area (TPSA) is 130 Å². The van der Waals surface area contributed by atoms with E-state index in [0.29, 0.717) is 43.2 Å². The monoisotopic (exact) mass is 420 g/mol. The highest BCUT2D eigenvalue weighted by atomic mass is 35.5. The van der Waals surface area contributed by atoms with Gasteiger partial charge in [-0.25, -0.2) is 9.97 Å². The maximum absolute atomic E-state index is 12.9. The van der Waals surface area contributed by atoms with Crippen molar-refractivity contribution >= 4 is 29.1 Å². The number of aromatic nitrogens is 2. The Morgan fingerprint density at radius 2 is 1.93 bits per heavy atom. The molecule has 1 fully saturated rings. The highest BCUT2D eigenvalue weighted by Crippen LogP contribution is 2.31. The van der Waals surface area contributed by atoms with Gasteiger partial charge in [-0.15, -0.1) is 0 Å². The van der Waals surface area contributed by atoms with Crippen LogP contribution >= 0.6 is 11.6 Å². The number of halogens is 1. The van der Waals surface area contributed by atoms with E-state index >= 15 is 0 Å². The number of hydrogen-bond acceptors (Lipinski definition) is 7. The van der Waals surface area contributed by atoms with Crippen LogP contribution in [0.1, 0.15) is 38.3 Å². The largest absolute Gasteiger partial charge is 0.396 e. The molecule has 9 heteroatoms. The van der Waals surface area contributed by atoms with Gasteiger partial charge in [-0.2, -0.15) is 0 Å². The number of aliphatic hydroxyl groups excluding tert-OH is 1. The summed E-state index contributed by atoms with van der Waals surface area (Å²) in [6.45, 7) is 1.02. The van der Waals surface area contributed by atoms with E-state index in [1.54, 1.807) is 0 Å². The number of aliphatic hydroxyl groups is 1. The fourth-order valence-electron chi connectivity index (χ4n) is 3.38. The van der Waals surface area contributed by atoms with Crippen LogP contribution < -0.4 is 21.7 Å². The van der Waals surface area contributed by atoms with Crippen molar-refractivity contribution in [2.45, 2.75) is 38.3 Å². The van der Waals surface area contributed by atoms with Gasteiger partial charge in [0, 0.05) is 19.7 Å². The Bertz CT molecular complexity index is 812. The molecule has 0 bridgehead atoms. The van der Waals surface area contributed by atoms with E-state index in [2.05, 4.69) is 15.3 Å². The first-order valence-electron chi connectivity index (χ1n) is 9.21. The number of anilines is 2. The molecule has 6 N–H and O–H groups in total. The van der Waals surface area contributed by atoms with Crippen molar-refractivity contribution < 1.29 is 9.90 Å². The predicted octanol–water partition coefficient (Wildman–Crippen LogP) is 1.89. The van der Waals surface area contributed by atoms with E-state index < -0.39 is 5.54 Å². The number of hydrogen-bond donors (Lipinski definition) is 4. The molecule has 8 nitrogen and oxygen atoms in total. The van der Waals surface area contributed by atoms with Crippen molar-refractivity contribution in [3.8, 4) is 0 Å². The number of benzene rings is 1. The van der Waals surface area contributed by atoms with E-state index in [-0.39, 0.29) is 31.8 Å². The fraction of sp³-hybridized carbons (Fsp3) is 0.450. The molecule has 0 aliphatic carbocycles. The number of piperidine rings is 1. The molecule has 158 valence electrons. The number of carbonyl (C=O) groups is 1. The maximum Gasteiger partial charge on any atom is 0.240 e. The van der Waals surface area contributed by atoms with Gasteiger partial charge in [0.2, 0.25) is 5.91 Å². The van der Waals surface area contributed by atoms with E-state index in [9.17, 15) is 9.90 Å². The smallest absolute Gasteiger partial charge is 0.240 e. The van der Waals surface area contributed by atoms with Crippen LogP contribution in [0.3, 0.4) is 0 Å². The molecular formula is C20H29ClN6O2. The molecule has 2 aromatic rings.